The van der Waals surface area contributed by atoms with E-state index < -0.39 is 0 Å². The summed E-state index contributed by atoms with van der Waals surface area (Å²) in [6, 6.07) is 6.64. The van der Waals surface area contributed by atoms with Gasteiger partial charge in [-0.05, 0) is 43.4 Å². The lowest BCUT2D eigenvalue weighted by atomic mass is 9.95. The van der Waals surface area contributed by atoms with E-state index in [-0.39, 0.29) is 17.8 Å². The molecule has 2 amide bonds. The van der Waals surface area contributed by atoms with Crippen molar-refractivity contribution in [2.75, 3.05) is 13.1 Å². The number of amides is 2. The maximum atomic E-state index is 13.0. The van der Waals surface area contributed by atoms with Crippen LogP contribution in [0.25, 0.3) is 0 Å². The lowest BCUT2D eigenvalue weighted by Gasteiger charge is -2.33. The number of benzene rings is 1. The fourth-order valence-electron chi connectivity index (χ4n) is 4.16. The van der Waals surface area contributed by atoms with Crippen LogP contribution < -0.4 is 5.32 Å². The van der Waals surface area contributed by atoms with Crippen LogP contribution in [0.1, 0.15) is 68.2 Å². The van der Waals surface area contributed by atoms with Crippen molar-refractivity contribution in [2.45, 2.75) is 63.3 Å². The highest BCUT2D eigenvalue weighted by atomic mass is 19.1. The number of likely N-dealkylation sites (tertiary alicyclic amines) is 1. The summed E-state index contributed by atoms with van der Waals surface area (Å²) in [7, 11) is 0. The lowest BCUT2D eigenvalue weighted by molar-refractivity contribution is 0.167. The summed E-state index contributed by atoms with van der Waals surface area (Å²) >= 11 is 0. The predicted molar refractivity (Wildman–Crippen MR) is 102 cm³/mol. The van der Waals surface area contributed by atoms with E-state index in [1.807, 2.05) is 4.90 Å². The molecule has 1 saturated heterocycles. The zero-order valence-corrected chi connectivity index (χ0v) is 16.1. The van der Waals surface area contributed by atoms with Gasteiger partial charge in [0.05, 0.1) is 12.3 Å². The van der Waals surface area contributed by atoms with Gasteiger partial charge in [-0.3, -0.25) is 0 Å². The second kappa shape index (κ2) is 8.71. The minimum Gasteiger partial charge on any atom is -0.425 e. The quantitative estimate of drug-likeness (QED) is 0.861. The molecule has 1 N–H and O–H groups in total. The van der Waals surface area contributed by atoms with E-state index in [9.17, 15) is 9.18 Å². The number of halogens is 1. The zero-order valence-electron chi connectivity index (χ0n) is 16.1. The molecule has 1 aromatic carbocycles. The Hall–Kier alpha value is -2.44. The van der Waals surface area contributed by atoms with Crippen molar-refractivity contribution in [1.82, 2.24) is 20.4 Å². The number of urea groups is 1. The van der Waals surface area contributed by atoms with Crippen LogP contribution in [0.3, 0.4) is 0 Å². The van der Waals surface area contributed by atoms with Crippen molar-refractivity contribution in [3.8, 4) is 0 Å². The van der Waals surface area contributed by atoms with E-state index in [0.29, 0.717) is 30.8 Å². The fourth-order valence-corrected chi connectivity index (χ4v) is 4.16. The smallest absolute Gasteiger partial charge is 0.317 e. The minimum absolute atomic E-state index is 0.0302. The normalized spacial score (nSPS) is 20.9. The SMILES string of the molecule is O=C(NC1CCCCC1)N1CCCC(c2nnc(Cc3ccc(F)cc3)o2)C1. The van der Waals surface area contributed by atoms with Gasteiger partial charge in [0.15, 0.2) is 0 Å². The van der Waals surface area contributed by atoms with Gasteiger partial charge in [-0.1, -0.05) is 31.4 Å². The number of carbonyl (C=O) groups is 1. The van der Waals surface area contributed by atoms with Crippen molar-refractivity contribution in [3.05, 3.63) is 47.4 Å². The molecule has 0 bridgehead atoms. The molecule has 1 aromatic heterocycles. The zero-order chi connectivity index (χ0) is 19.3. The van der Waals surface area contributed by atoms with Crippen molar-refractivity contribution in [1.29, 1.82) is 0 Å². The molecule has 1 atom stereocenters. The van der Waals surface area contributed by atoms with Crippen molar-refractivity contribution >= 4 is 6.03 Å². The van der Waals surface area contributed by atoms with Crippen LogP contribution in [0.5, 0.6) is 0 Å². The molecule has 0 spiro atoms. The van der Waals surface area contributed by atoms with Crippen LogP contribution in [-0.4, -0.2) is 40.3 Å². The summed E-state index contributed by atoms with van der Waals surface area (Å²) in [6.07, 6.45) is 8.18. The Morgan fingerprint density at radius 2 is 1.89 bits per heavy atom. The van der Waals surface area contributed by atoms with Gasteiger partial charge in [0.25, 0.3) is 0 Å². The van der Waals surface area contributed by atoms with Crippen LogP contribution in [-0.2, 0) is 6.42 Å². The van der Waals surface area contributed by atoms with Crippen molar-refractivity contribution in [3.63, 3.8) is 0 Å². The predicted octanol–water partition coefficient (Wildman–Crippen LogP) is 4.02. The van der Waals surface area contributed by atoms with E-state index in [1.54, 1.807) is 12.1 Å². The average molecular weight is 386 g/mol. The van der Waals surface area contributed by atoms with Gasteiger partial charge < -0.3 is 14.6 Å². The van der Waals surface area contributed by atoms with E-state index in [0.717, 1.165) is 37.8 Å². The lowest BCUT2D eigenvalue weighted by Crippen LogP contribution is -2.48. The molecular weight excluding hydrogens is 359 g/mol. The summed E-state index contributed by atoms with van der Waals surface area (Å²) < 4.78 is 18.9. The Bertz CT molecular complexity index is 786. The monoisotopic (exact) mass is 386 g/mol. The fraction of sp³-hybridized carbons (Fsp3) is 0.571. The largest absolute Gasteiger partial charge is 0.425 e. The molecule has 1 aliphatic heterocycles. The second-order valence-electron chi connectivity index (χ2n) is 7.91. The molecule has 28 heavy (non-hydrogen) atoms. The highest BCUT2D eigenvalue weighted by molar-refractivity contribution is 5.74. The van der Waals surface area contributed by atoms with Crippen molar-refractivity contribution in [2.24, 2.45) is 0 Å². The molecule has 1 unspecified atom stereocenters. The Balaban J connectivity index is 1.34. The third kappa shape index (κ3) is 4.69. The third-order valence-electron chi connectivity index (χ3n) is 5.74. The summed E-state index contributed by atoms with van der Waals surface area (Å²) in [4.78, 5) is 14.5. The number of rotatable bonds is 4. The number of piperidine rings is 1. The van der Waals surface area contributed by atoms with Crippen LogP contribution in [0.15, 0.2) is 28.7 Å². The third-order valence-corrected chi connectivity index (χ3v) is 5.74. The molecule has 1 aliphatic carbocycles. The van der Waals surface area contributed by atoms with Crippen LogP contribution in [0, 0.1) is 5.82 Å². The van der Waals surface area contributed by atoms with Gasteiger partial charge in [-0.25, -0.2) is 9.18 Å². The van der Waals surface area contributed by atoms with Crippen LogP contribution in [0.2, 0.25) is 0 Å². The Kier molecular flexibility index (Phi) is 5.88. The van der Waals surface area contributed by atoms with E-state index in [1.165, 1.54) is 31.4 Å². The summed E-state index contributed by atoms with van der Waals surface area (Å²) in [5.74, 6) is 0.918. The minimum atomic E-state index is -0.260. The molecule has 4 rings (SSSR count). The number of aromatic nitrogens is 2. The van der Waals surface area contributed by atoms with E-state index in [4.69, 9.17) is 4.42 Å². The number of nitrogens with one attached hydrogen (secondary N) is 1. The number of hydrogen-bond acceptors (Lipinski definition) is 4. The first-order chi connectivity index (χ1) is 13.7. The number of carbonyl (C=O) groups excluding carboxylic acids is 1. The summed E-state index contributed by atoms with van der Waals surface area (Å²) in [5, 5.41) is 11.5. The molecule has 2 aromatic rings. The second-order valence-corrected chi connectivity index (χ2v) is 7.91. The summed E-state index contributed by atoms with van der Waals surface area (Å²) in [5.41, 5.74) is 0.925. The van der Waals surface area contributed by atoms with Gasteiger partial charge in [0.2, 0.25) is 11.8 Å². The molecule has 1 saturated carbocycles. The Morgan fingerprint density at radius 1 is 1.11 bits per heavy atom. The maximum absolute atomic E-state index is 13.0. The molecule has 0 radical (unpaired) electrons. The Morgan fingerprint density at radius 3 is 2.68 bits per heavy atom. The van der Waals surface area contributed by atoms with Crippen LogP contribution >= 0.6 is 0 Å². The van der Waals surface area contributed by atoms with E-state index in [2.05, 4.69) is 15.5 Å². The number of hydrogen-bond donors (Lipinski definition) is 1. The molecular formula is C21H27FN4O2. The average Bonchev–Trinajstić information content (AvgIpc) is 3.19. The highest BCUT2D eigenvalue weighted by Crippen LogP contribution is 2.27. The standard InChI is InChI=1S/C21H27FN4O2/c22-17-10-8-15(9-11-17)13-19-24-25-20(28-19)16-5-4-12-26(14-16)21(27)23-18-6-2-1-3-7-18/h8-11,16,18H,1-7,12-14H2,(H,23,27). The molecule has 2 heterocycles. The molecule has 6 nitrogen and oxygen atoms in total. The van der Waals surface area contributed by atoms with Gasteiger partial charge in [0.1, 0.15) is 5.82 Å². The first-order valence-electron chi connectivity index (χ1n) is 10.3. The first-order valence-corrected chi connectivity index (χ1v) is 10.3. The topological polar surface area (TPSA) is 71.3 Å². The van der Waals surface area contributed by atoms with Gasteiger partial charge in [0, 0.05) is 19.1 Å². The molecule has 7 heteroatoms. The highest BCUT2D eigenvalue weighted by Gasteiger charge is 2.29. The van der Waals surface area contributed by atoms with Crippen LogP contribution in [0.4, 0.5) is 9.18 Å². The molecule has 150 valence electrons. The van der Waals surface area contributed by atoms with Gasteiger partial charge in [-0.15, -0.1) is 10.2 Å². The van der Waals surface area contributed by atoms with Gasteiger partial charge in [-0.2, -0.15) is 0 Å². The number of nitrogens with zero attached hydrogens (tertiary/aromatic N) is 3. The maximum Gasteiger partial charge on any atom is 0.317 e. The molecule has 2 aliphatic rings. The first kappa shape index (κ1) is 18.9. The van der Waals surface area contributed by atoms with Crippen molar-refractivity contribution < 1.29 is 13.6 Å². The summed E-state index contributed by atoms with van der Waals surface area (Å²) in [6.45, 7) is 1.38. The Labute approximate surface area is 164 Å². The van der Waals surface area contributed by atoms with Gasteiger partial charge >= 0.3 is 6.03 Å². The molecule has 2 fully saturated rings. The van der Waals surface area contributed by atoms with E-state index >= 15 is 0 Å².